The Morgan fingerprint density at radius 2 is 0.631 bits per heavy atom. The van der Waals surface area contributed by atoms with Crippen molar-refractivity contribution < 1.29 is 28.6 Å². The predicted octanol–water partition coefficient (Wildman–Crippen LogP) is 17.8. The van der Waals surface area contributed by atoms with Crippen LogP contribution in [0.1, 0.15) is 239 Å². The number of esters is 3. The zero-order valence-electron chi connectivity index (χ0n) is 42.2. The van der Waals surface area contributed by atoms with Crippen LogP contribution in [-0.2, 0) is 28.6 Å². The Morgan fingerprint density at radius 1 is 0.323 bits per heavy atom. The van der Waals surface area contributed by atoms with Crippen molar-refractivity contribution in [3.63, 3.8) is 0 Å². The second-order valence-electron chi connectivity index (χ2n) is 17.4. The van der Waals surface area contributed by atoms with Crippen LogP contribution in [0.25, 0.3) is 0 Å². The molecule has 65 heavy (non-hydrogen) atoms. The molecule has 0 amide bonds. The molecule has 0 rings (SSSR count). The van der Waals surface area contributed by atoms with Crippen LogP contribution in [0.15, 0.2) is 97.2 Å². The maximum absolute atomic E-state index is 12.8. The largest absolute Gasteiger partial charge is 0.462 e. The van der Waals surface area contributed by atoms with Crippen molar-refractivity contribution in [3.05, 3.63) is 97.2 Å². The van der Waals surface area contributed by atoms with Crippen LogP contribution < -0.4 is 0 Å². The minimum atomic E-state index is -0.812. The van der Waals surface area contributed by atoms with Crippen LogP contribution in [-0.4, -0.2) is 37.2 Å². The highest BCUT2D eigenvalue weighted by Gasteiger charge is 2.19. The summed E-state index contributed by atoms with van der Waals surface area (Å²) in [6.07, 6.45) is 69.7. The van der Waals surface area contributed by atoms with Crippen LogP contribution in [0.4, 0.5) is 0 Å². The molecule has 0 unspecified atom stereocenters. The summed E-state index contributed by atoms with van der Waals surface area (Å²) in [7, 11) is 0. The molecule has 0 aromatic rings. The first-order chi connectivity index (χ1) is 32.0. The average Bonchev–Trinajstić information content (AvgIpc) is 3.30. The average molecular weight is 903 g/mol. The Labute approximate surface area is 400 Å². The standard InChI is InChI=1S/C59H98O6/c1-4-7-10-13-16-19-22-25-27-28-29-30-32-35-37-40-43-46-49-52-58(61)64-55-56(65-59(62)53-50-47-44-41-38-33-24-21-18-15-12-9-6-3)54-63-57(60)51-48-45-42-39-36-34-31-26-23-20-17-14-11-8-5-2/h7,10,16-17,19-20,25-27,29-31,35,37,43,46,56H,4-6,8-9,11-15,18,21-24,28,32-34,36,38-42,44-45,47-55H2,1-3H3/b10-7-,19-16-,20-17-,27-25-,30-29-,31-26-,37-35-,46-43-/t56-/m0/s1. The summed E-state index contributed by atoms with van der Waals surface area (Å²) >= 11 is 0. The maximum Gasteiger partial charge on any atom is 0.306 e. The van der Waals surface area contributed by atoms with Gasteiger partial charge in [-0.2, -0.15) is 0 Å². The lowest BCUT2D eigenvalue weighted by molar-refractivity contribution is -0.166. The minimum Gasteiger partial charge on any atom is -0.462 e. The van der Waals surface area contributed by atoms with Crippen LogP contribution in [0.2, 0.25) is 0 Å². The van der Waals surface area contributed by atoms with E-state index in [0.717, 1.165) is 103 Å². The lowest BCUT2D eigenvalue weighted by Crippen LogP contribution is -2.30. The monoisotopic (exact) mass is 903 g/mol. The van der Waals surface area contributed by atoms with Crippen LogP contribution in [0.5, 0.6) is 0 Å². The highest BCUT2D eigenvalue weighted by Crippen LogP contribution is 2.14. The molecule has 0 aliphatic heterocycles. The molecule has 0 radical (unpaired) electrons. The van der Waals surface area contributed by atoms with Gasteiger partial charge in [0.25, 0.3) is 0 Å². The van der Waals surface area contributed by atoms with Gasteiger partial charge in [0.05, 0.1) is 0 Å². The number of unbranched alkanes of at least 4 members (excludes halogenated alkanes) is 20. The van der Waals surface area contributed by atoms with E-state index in [9.17, 15) is 14.4 Å². The molecular weight excluding hydrogens is 805 g/mol. The third-order valence-corrected chi connectivity index (χ3v) is 11.1. The highest BCUT2D eigenvalue weighted by atomic mass is 16.6. The van der Waals surface area contributed by atoms with Crippen LogP contribution in [0, 0.1) is 0 Å². The second kappa shape index (κ2) is 52.9. The van der Waals surface area contributed by atoms with Gasteiger partial charge in [-0.05, 0) is 89.9 Å². The number of carbonyl (C=O) groups excluding carboxylic acids is 3. The van der Waals surface area contributed by atoms with E-state index in [1.165, 1.54) is 89.9 Å². The molecule has 0 bridgehead atoms. The molecule has 0 aliphatic carbocycles. The zero-order valence-corrected chi connectivity index (χ0v) is 42.2. The van der Waals surface area contributed by atoms with Crippen LogP contribution >= 0.6 is 0 Å². The molecule has 0 aromatic heterocycles. The fraction of sp³-hybridized carbons (Fsp3) is 0.678. The van der Waals surface area contributed by atoms with Crippen molar-refractivity contribution >= 4 is 17.9 Å². The van der Waals surface area contributed by atoms with Gasteiger partial charge in [-0.3, -0.25) is 14.4 Å². The minimum absolute atomic E-state index is 0.107. The highest BCUT2D eigenvalue weighted by molar-refractivity contribution is 5.71. The van der Waals surface area contributed by atoms with Gasteiger partial charge in [-0.25, -0.2) is 0 Å². The second-order valence-corrected chi connectivity index (χ2v) is 17.4. The molecule has 0 spiro atoms. The summed E-state index contributed by atoms with van der Waals surface area (Å²) in [5, 5.41) is 0. The number of hydrogen-bond donors (Lipinski definition) is 0. The molecule has 1 atom stereocenters. The normalized spacial score (nSPS) is 12.8. The van der Waals surface area contributed by atoms with E-state index in [0.29, 0.717) is 19.3 Å². The number of rotatable bonds is 47. The lowest BCUT2D eigenvalue weighted by atomic mass is 10.0. The van der Waals surface area contributed by atoms with E-state index >= 15 is 0 Å². The molecule has 6 nitrogen and oxygen atoms in total. The van der Waals surface area contributed by atoms with E-state index in [4.69, 9.17) is 14.2 Å². The predicted molar refractivity (Wildman–Crippen MR) is 279 cm³/mol. The molecule has 6 heteroatoms. The molecular formula is C59H98O6. The topological polar surface area (TPSA) is 78.9 Å². The fourth-order valence-corrected chi connectivity index (χ4v) is 7.09. The van der Waals surface area contributed by atoms with Crippen molar-refractivity contribution in [2.45, 2.75) is 245 Å². The Bertz CT molecular complexity index is 1310. The summed E-state index contributed by atoms with van der Waals surface area (Å²) in [4.78, 5) is 38.0. The van der Waals surface area contributed by atoms with Crippen molar-refractivity contribution in [2.75, 3.05) is 13.2 Å². The molecule has 0 aromatic carbocycles. The van der Waals surface area contributed by atoms with Crippen molar-refractivity contribution in [3.8, 4) is 0 Å². The smallest absolute Gasteiger partial charge is 0.306 e. The molecule has 0 fully saturated rings. The van der Waals surface area contributed by atoms with Crippen molar-refractivity contribution in [1.82, 2.24) is 0 Å². The summed E-state index contributed by atoms with van der Waals surface area (Å²) in [6.45, 7) is 6.42. The Hall–Kier alpha value is -3.67. The van der Waals surface area contributed by atoms with E-state index in [1.807, 2.05) is 6.08 Å². The molecule has 0 aliphatic rings. The number of allylic oxidation sites excluding steroid dienone is 16. The van der Waals surface area contributed by atoms with Crippen LogP contribution in [0.3, 0.4) is 0 Å². The number of ether oxygens (including phenoxy) is 3. The van der Waals surface area contributed by atoms with Gasteiger partial charge in [0.15, 0.2) is 6.10 Å². The summed E-state index contributed by atoms with van der Waals surface area (Å²) in [6, 6.07) is 0. The third kappa shape index (κ3) is 51.2. The van der Waals surface area contributed by atoms with Crippen molar-refractivity contribution in [1.29, 1.82) is 0 Å². The number of carbonyl (C=O) groups is 3. The van der Waals surface area contributed by atoms with Gasteiger partial charge < -0.3 is 14.2 Å². The molecule has 0 saturated heterocycles. The third-order valence-electron chi connectivity index (χ3n) is 11.1. The van der Waals surface area contributed by atoms with E-state index in [1.54, 1.807) is 0 Å². The Kier molecular flexibility index (Phi) is 50.0. The lowest BCUT2D eigenvalue weighted by Gasteiger charge is -2.18. The SMILES string of the molecule is CC/C=C\C/C=C\C/C=C\C/C=C\C/C=C\C/C=C\CCC(=O)OC[C@H](COC(=O)CCCCCCC/C=C\C/C=C\CCCCC)OC(=O)CCCCCCCCCCCCCCC. The Morgan fingerprint density at radius 3 is 1.06 bits per heavy atom. The Balaban J connectivity index is 4.51. The van der Waals surface area contributed by atoms with E-state index < -0.39 is 6.10 Å². The zero-order chi connectivity index (χ0) is 47.2. The quantitative estimate of drug-likeness (QED) is 0.0262. The van der Waals surface area contributed by atoms with E-state index in [2.05, 4.69) is 112 Å². The molecule has 0 saturated carbocycles. The van der Waals surface area contributed by atoms with Gasteiger partial charge in [-0.15, -0.1) is 0 Å². The van der Waals surface area contributed by atoms with E-state index in [-0.39, 0.29) is 37.5 Å². The first kappa shape index (κ1) is 61.3. The first-order valence-electron chi connectivity index (χ1n) is 26.7. The van der Waals surface area contributed by atoms with Crippen molar-refractivity contribution in [2.24, 2.45) is 0 Å². The molecule has 0 N–H and O–H groups in total. The summed E-state index contributed by atoms with van der Waals surface area (Å²) in [5.74, 6) is -1.01. The molecule has 370 valence electrons. The van der Waals surface area contributed by atoms with Gasteiger partial charge in [0.1, 0.15) is 13.2 Å². The van der Waals surface area contributed by atoms with Gasteiger partial charge >= 0.3 is 17.9 Å². The first-order valence-corrected chi connectivity index (χ1v) is 26.7. The summed E-state index contributed by atoms with van der Waals surface area (Å²) in [5.41, 5.74) is 0. The fourth-order valence-electron chi connectivity index (χ4n) is 7.09. The van der Waals surface area contributed by atoms with Gasteiger partial charge in [0, 0.05) is 19.3 Å². The van der Waals surface area contributed by atoms with Gasteiger partial charge in [-0.1, -0.05) is 227 Å². The molecule has 0 heterocycles. The van der Waals surface area contributed by atoms with Gasteiger partial charge in [0.2, 0.25) is 0 Å². The number of hydrogen-bond acceptors (Lipinski definition) is 6. The maximum atomic E-state index is 12.8. The summed E-state index contributed by atoms with van der Waals surface area (Å²) < 4.78 is 16.7.